The number of rotatable bonds is 9. The maximum Gasteiger partial charge on any atom is 0.335 e. The monoisotopic (exact) mass is 236 g/mol. The quantitative estimate of drug-likeness (QED) is 0.494. The Morgan fingerprint density at radius 2 is 1.93 bits per heavy atom. The molecule has 90 valence electrons. The van der Waals surface area contributed by atoms with E-state index in [1.54, 1.807) is 6.92 Å². The summed E-state index contributed by atoms with van der Waals surface area (Å²) in [6.45, 7) is 3.89. The fraction of sp³-hybridized carbons (Fsp3) is 0.900. The van der Waals surface area contributed by atoms with Crippen LogP contribution in [0.2, 0.25) is 0 Å². The minimum atomic E-state index is -3.65. The SMILES string of the molecule is CCCCCCC(=O)CP(=O)(O)OCC. The topological polar surface area (TPSA) is 63.6 Å². The molecule has 1 atom stereocenters. The fourth-order valence-corrected chi connectivity index (χ4v) is 2.40. The maximum absolute atomic E-state index is 11.3. The summed E-state index contributed by atoms with van der Waals surface area (Å²) < 4.78 is 15.8. The van der Waals surface area contributed by atoms with Crippen molar-refractivity contribution in [3.8, 4) is 0 Å². The predicted octanol–water partition coefficient (Wildman–Crippen LogP) is 2.75. The van der Waals surface area contributed by atoms with Crippen molar-refractivity contribution in [1.82, 2.24) is 0 Å². The molecular formula is C10H21O4P. The standard InChI is InChI=1S/C10H21O4P/c1-3-5-6-7-8-10(11)9-15(12,13)14-4-2/h3-9H2,1-2H3,(H,12,13). The lowest BCUT2D eigenvalue weighted by Crippen LogP contribution is -2.07. The Kier molecular flexibility index (Phi) is 7.93. The summed E-state index contributed by atoms with van der Waals surface area (Å²) in [5, 5.41) is 0. The molecule has 0 radical (unpaired) electrons. The minimum Gasteiger partial charge on any atom is -0.324 e. The number of hydrogen-bond acceptors (Lipinski definition) is 3. The van der Waals surface area contributed by atoms with Crippen LogP contribution in [0.15, 0.2) is 0 Å². The molecule has 1 N–H and O–H groups in total. The molecule has 0 saturated heterocycles. The largest absolute Gasteiger partial charge is 0.335 e. The van der Waals surface area contributed by atoms with Crippen LogP contribution in [-0.4, -0.2) is 23.4 Å². The van der Waals surface area contributed by atoms with E-state index in [0.29, 0.717) is 6.42 Å². The molecule has 0 spiro atoms. The zero-order chi connectivity index (χ0) is 11.7. The molecule has 0 aromatic carbocycles. The third-order valence-corrected chi connectivity index (χ3v) is 3.43. The number of hydrogen-bond donors (Lipinski definition) is 1. The van der Waals surface area contributed by atoms with Gasteiger partial charge in [-0.05, 0) is 13.3 Å². The van der Waals surface area contributed by atoms with Gasteiger partial charge in [0.1, 0.15) is 11.9 Å². The van der Waals surface area contributed by atoms with Crippen LogP contribution in [0.4, 0.5) is 0 Å². The van der Waals surface area contributed by atoms with Crippen LogP contribution in [0.25, 0.3) is 0 Å². The molecule has 5 heteroatoms. The van der Waals surface area contributed by atoms with Crippen LogP contribution >= 0.6 is 7.60 Å². The van der Waals surface area contributed by atoms with Gasteiger partial charge in [-0.15, -0.1) is 0 Å². The highest BCUT2D eigenvalue weighted by atomic mass is 31.2. The highest BCUT2D eigenvalue weighted by Crippen LogP contribution is 2.41. The first-order valence-electron chi connectivity index (χ1n) is 5.50. The van der Waals surface area contributed by atoms with Crippen molar-refractivity contribution in [3.05, 3.63) is 0 Å². The van der Waals surface area contributed by atoms with E-state index < -0.39 is 7.60 Å². The van der Waals surface area contributed by atoms with Crippen molar-refractivity contribution < 1.29 is 18.8 Å². The molecule has 0 bridgehead atoms. The molecule has 0 aromatic rings. The molecule has 0 fully saturated rings. The lowest BCUT2D eigenvalue weighted by molar-refractivity contribution is -0.117. The van der Waals surface area contributed by atoms with Gasteiger partial charge in [0, 0.05) is 6.42 Å². The molecule has 0 aliphatic rings. The first kappa shape index (κ1) is 14.8. The molecule has 0 rings (SSSR count). The van der Waals surface area contributed by atoms with Crippen molar-refractivity contribution in [2.75, 3.05) is 12.8 Å². The second-order valence-corrected chi connectivity index (χ2v) is 5.41. The van der Waals surface area contributed by atoms with E-state index in [1.165, 1.54) is 0 Å². The Morgan fingerprint density at radius 3 is 2.47 bits per heavy atom. The summed E-state index contributed by atoms with van der Waals surface area (Å²) in [6.07, 6.45) is 4.08. The smallest absolute Gasteiger partial charge is 0.324 e. The molecule has 0 aliphatic heterocycles. The Labute approximate surface area is 91.6 Å². The number of carbonyl (C=O) groups is 1. The van der Waals surface area contributed by atoms with Crippen LogP contribution in [0, 0.1) is 0 Å². The number of carbonyl (C=O) groups excluding carboxylic acids is 1. The van der Waals surface area contributed by atoms with E-state index in [2.05, 4.69) is 11.4 Å². The normalized spacial score (nSPS) is 14.9. The van der Waals surface area contributed by atoms with Crippen molar-refractivity contribution in [2.24, 2.45) is 0 Å². The zero-order valence-electron chi connectivity index (χ0n) is 9.57. The summed E-state index contributed by atoms with van der Waals surface area (Å²) in [6, 6.07) is 0. The first-order chi connectivity index (χ1) is 7.02. The summed E-state index contributed by atoms with van der Waals surface area (Å²) in [5.74, 6) is -0.176. The molecule has 0 aromatic heterocycles. The molecule has 1 unspecified atom stereocenters. The molecule has 0 heterocycles. The fourth-order valence-electron chi connectivity index (χ4n) is 1.30. The molecular weight excluding hydrogens is 215 g/mol. The Hall–Kier alpha value is -0.180. The van der Waals surface area contributed by atoms with Gasteiger partial charge in [-0.3, -0.25) is 9.36 Å². The van der Waals surface area contributed by atoms with Crippen molar-refractivity contribution in [1.29, 1.82) is 0 Å². The highest BCUT2D eigenvalue weighted by molar-refractivity contribution is 7.53. The van der Waals surface area contributed by atoms with E-state index >= 15 is 0 Å². The van der Waals surface area contributed by atoms with Crippen LogP contribution in [-0.2, 0) is 13.9 Å². The van der Waals surface area contributed by atoms with Crippen molar-refractivity contribution in [2.45, 2.75) is 46.0 Å². The molecule has 0 aliphatic carbocycles. The lowest BCUT2D eigenvalue weighted by Gasteiger charge is -2.09. The second kappa shape index (κ2) is 8.03. The van der Waals surface area contributed by atoms with Crippen LogP contribution in [0.5, 0.6) is 0 Å². The first-order valence-corrected chi connectivity index (χ1v) is 7.26. The third kappa shape index (κ3) is 8.79. The number of Topliss-reactive ketones (excluding diaryl/α,β-unsaturated/α-hetero) is 1. The van der Waals surface area contributed by atoms with Gasteiger partial charge < -0.3 is 9.42 Å². The van der Waals surface area contributed by atoms with Gasteiger partial charge in [-0.1, -0.05) is 26.2 Å². The predicted molar refractivity (Wildman–Crippen MR) is 60.1 cm³/mol. The van der Waals surface area contributed by atoms with Gasteiger partial charge in [-0.25, -0.2) is 0 Å². The molecule has 0 saturated carbocycles. The Morgan fingerprint density at radius 1 is 1.27 bits per heavy atom. The van der Waals surface area contributed by atoms with Gasteiger partial charge in [0.2, 0.25) is 0 Å². The molecule has 4 nitrogen and oxygen atoms in total. The highest BCUT2D eigenvalue weighted by Gasteiger charge is 2.22. The number of unbranched alkanes of at least 4 members (excludes halogenated alkanes) is 3. The summed E-state index contributed by atoms with van der Waals surface area (Å²) >= 11 is 0. The molecule has 0 amide bonds. The average Bonchev–Trinajstić information content (AvgIpc) is 2.11. The van der Waals surface area contributed by atoms with E-state index in [9.17, 15) is 14.3 Å². The van der Waals surface area contributed by atoms with Crippen LogP contribution in [0.1, 0.15) is 46.0 Å². The van der Waals surface area contributed by atoms with E-state index in [0.717, 1.165) is 25.7 Å². The second-order valence-electron chi connectivity index (χ2n) is 3.56. The third-order valence-electron chi connectivity index (χ3n) is 2.02. The molecule has 15 heavy (non-hydrogen) atoms. The average molecular weight is 236 g/mol. The number of ketones is 1. The van der Waals surface area contributed by atoms with Crippen LogP contribution in [0.3, 0.4) is 0 Å². The lowest BCUT2D eigenvalue weighted by atomic mass is 10.1. The maximum atomic E-state index is 11.3. The van der Waals surface area contributed by atoms with Crippen molar-refractivity contribution >= 4 is 13.4 Å². The van der Waals surface area contributed by atoms with Crippen LogP contribution < -0.4 is 0 Å². The minimum absolute atomic E-state index is 0.164. The summed E-state index contributed by atoms with van der Waals surface area (Å²) in [5.41, 5.74) is 0. The summed E-state index contributed by atoms with van der Waals surface area (Å²) in [7, 11) is -3.65. The van der Waals surface area contributed by atoms with Gasteiger partial charge in [0.25, 0.3) is 0 Å². The van der Waals surface area contributed by atoms with Gasteiger partial charge >= 0.3 is 7.60 Å². The van der Waals surface area contributed by atoms with Gasteiger partial charge in [0.05, 0.1) is 6.61 Å². The van der Waals surface area contributed by atoms with E-state index in [4.69, 9.17) is 0 Å². The Balaban J connectivity index is 3.68. The summed E-state index contributed by atoms with van der Waals surface area (Å²) in [4.78, 5) is 20.5. The van der Waals surface area contributed by atoms with E-state index in [1.807, 2.05) is 0 Å². The van der Waals surface area contributed by atoms with Crippen molar-refractivity contribution in [3.63, 3.8) is 0 Å². The Bertz CT molecular complexity index is 227. The zero-order valence-corrected chi connectivity index (χ0v) is 10.5. The van der Waals surface area contributed by atoms with Gasteiger partial charge in [0.15, 0.2) is 0 Å². The van der Waals surface area contributed by atoms with Gasteiger partial charge in [-0.2, -0.15) is 0 Å². The van der Waals surface area contributed by atoms with E-state index in [-0.39, 0.29) is 18.6 Å².